The monoisotopic (exact) mass is 362 g/mol. The molecule has 134 valence electrons. The summed E-state index contributed by atoms with van der Waals surface area (Å²) in [7, 11) is 0. The lowest BCUT2D eigenvalue weighted by Gasteiger charge is -2.17. The van der Waals surface area contributed by atoms with E-state index in [0.717, 1.165) is 11.6 Å². The number of halogens is 1. The zero-order chi connectivity index (χ0) is 19.4. The van der Waals surface area contributed by atoms with E-state index >= 15 is 0 Å². The first-order chi connectivity index (χ1) is 13.0. The van der Waals surface area contributed by atoms with Crippen molar-refractivity contribution in [2.75, 3.05) is 6.54 Å². The number of likely N-dealkylation sites (tertiary alicyclic amines) is 1. The minimum atomic E-state index is -0.695. The van der Waals surface area contributed by atoms with Crippen LogP contribution in [0, 0.1) is 28.5 Å². The molecule has 0 aliphatic carbocycles. The fourth-order valence-corrected chi connectivity index (χ4v) is 2.93. The highest BCUT2D eigenvalue weighted by atomic mass is 19.1. The van der Waals surface area contributed by atoms with E-state index in [4.69, 9.17) is 10.5 Å². The van der Waals surface area contributed by atoms with Crippen molar-refractivity contribution in [3.63, 3.8) is 0 Å². The molecule has 2 amide bonds. The quantitative estimate of drug-likeness (QED) is 0.901. The topological polar surface area (TPSA) is 97.0 Å². The number of nitriles is 2. The Balaban J connectivity index is 1.63. The summed E-state index contributed by atoms with van der Waals surface area (Å²) in [4.78, 5) is 26.5. The van der Waals surface area contributed by atoms with Gasteiger partial charge in [-0.05, 0) is 42.3 Å². The first-order valence-corrected chi connectivity index (χ1v) is 8.30. The van der Waals surface area contributed by atoms with Crippen molar-refractivity contribution >= 4 is 11.8 Å². The van der Waals surface area contributed by atoms with Gasteiger partial charge in [0.25, 0.3) is 5.91 Å². The molecule has 3 rings (SSSR count). The summed E-state index contributed by atoms with van der Waals surface area (Å²) < 4.78 is 13.4. The first-order valence-electron chi connectivity index (χ1n) is 8.30. The van der Waals surface area contributed by atoms with E-state index < -0.39 is 17.8 Å². The zero-order valence-corrected chi connectivity index (χ0v) is 14.3. The number of rotatable bonds is 4. The maximum Gasteiger partial charge on any atom is 0.251 e. The van der Waals surface area contributed by atoms with Gasteiger partial charge in [0.15, 0.2) is 0 Å². The van der Waals surface area contributed by atoms with Gasteiger partial charge in [-0.1, -0.05) is 12.1 Å². The molecule has 1 saturated heterocycles. The Labute approximate surface area is 155 Å². The molecule has 2 aromatic rings. The summed E-state index contributed by atoms with van der Waals surface area (Å²) >= 11 is 0. The number of hydrogen-bond acceptors (Lipinski definition) is 4. The summed E-state index contributed by atoms with van der Waals surface area (Å²) in [5.41, 5.74) is 1.35. The molecule has 1 N–H and O–H groups in total. The van der Waals surface area contributed by atoms with Crippen molar-refractivity contribution in [3.8, 4) is 12.1 Å². The molecule has 1 atom stereocenters. The second-order valence-corrected chi connectivity index (χ2v) is 6.19. The van der Waals surface area contributed by atoms with Crippen LogP contribution in [0.2, 0.25) is 0 Å². The van der Waals surface area contributed by atoms with Gasteiger partial charge < -0.3 is 10.2 Å². The second kappa shape index (κ2) is 7.67. The third-order valence-electron chi connectivity index (χ3n) is 4.41. The fraction of sp³-hybridized carbons (Fsp3) is 0.200. The van der Waals surface area contributed by atoms with Crippen molar-refractivity contribution in [1.29, 1.82) is 10.5 Å². The largest absolute Gasteiger partial charge is 0.340 e. The highest BCUT2D eigenvalue weighted by Gasteiger charge is 2.32. The summed E-state index contributed by atoms with van der Waals surface area (Å²) in [5.74, 6) is -1.42. The van der Waals surface area contributed by atoms with E-state index in [1.807, 2.05) is 6.07 Å². The van der Waals surface area contributed by atoms with E-state index in [-0.39, 0.29) is 17.0 Å². The van der Waals surface area contributed by atoms with Crippen LogP contribution < -0.4 is 5.32 Å². The molecule has 0 radical (unpaired) electrons. The van der Waals surface area contributed by atoms with Crippen LogP contribution in [0.3, 0.4) is 0 Å². The number of nitrogens with zero attached hydrogens (tertiary/aromatic N) is 3. The van der Waals surface area contributed by atoms with Crippen LogP contribution in [0.1, 0.15) is 33.5 Å². The van der Waals surface area contributed by atoms with E-state index in [1.165, 1.54) is 12.1 Å². The Hall–Kier alpha value is -3.71. The third kappa shape index (κ3) is 3.94. The smallest absolute Gasteiger partial charge is 0.251 e. The van der Waals surface area contributed by atoms with Crippen molar-refractivity contribution in [1.82, 2.24) is 10.2 Å². The summed E-state index contributed by atoms with van der Waals surface area (Å²) in [5, 5.41) is 20.3. The Kier molecular flexibility index (Phi) is 5.14. The number of carbonyl (C=O) groups is 2. The average molecular weight is 362 g/mol. The predicted molar refractivity (Wildman–Crippen MR) is 93.6 cm³/mol. The van der Waals surface area contributed by atoms with Gasteiger partial charge in [0.1, 0.15) is 17.9 Å². The molecular weight excluding hydrogens is 347 g/mol. The maximum atomic E-state index is 13.4. The van der Waals surface area contributed by atoms with Crippen LogP contribution in [-0.2, 0) is 11.3 Å². The lowest BCUT2D eigenvalue weighted by Crippen LogP contribution is -2.41. The van der Waals surface area contributed by atoms with Crippen LogP contribution in [0.15, 0.2) is 42.5 Å². The number of amides is 2. The van der Waals surface area contributed by atoms with Crippen LogP contribution >= 0.6 is 0 Å². The molecule has 0 saturated carbocycles. The van der Waals surface area contributed by atoms with Crippen LogP contribution in [0.5, 0.6) is 0 Å². The molecule has 6 nitrogen and oxygen atoms in total. The predicted octanol–water partition coefficient (Wildman–Crippen LogP) is 2.10. The van der Waals surface area contributed by atoms with Crippen molar-refractivity contribution < 1.29 is 14.0 Å². The molecule has 27 heavy (non-hydrogen) atoms. The van der Waals surface area contributed by atoms with Gasteiger partial charge in [0, 0.05) is 18.7 Å². The van der Waals surface area contributed by atoms with Gasteiger partial charge in [-0.2, -0.15) is 10.5 Å². The molecule has 0 bridgehead atoms. The molecule has 1 fully saturated rings. The normalized spacial score (nSPS) is 15.9. The molecule has 2 aromatic carbocycles. The summed E-state index contributed by atoms with van der Waals surface area (Å²) in [6.07, 6.45) is 0.465. The standard InChI is InChI=1S/C20H15FN4O2/c21-17-6-5-15(9-16(17)11-23)19(26)24-18-7-8-25(20(18)27)12-14-3-1-13(10-22)2-4-14/h1-6,9,18H,7-8,12H2,(H,24,26). The fourth-order valence-electron chi connectivity index (χ4n) is 2.93. The number of benzene rings is 2. The molecule has 1 unspecified atom stereocenters. The molecular formula is C20H15FN4O2. The van der Waals surface area contributed by atoms with Gasteiger partial charge in [-0.15, -0.1) is 0 Å². The lowest BCUT2D eigenvalue weighted by molar-refractivity contribution is -0.129. The number of nitrogens with one attached hydrogen (secondary N) is 1. The lowest BCUT2D eigenvalue weighted by atomic mass is 10.1. The van der Waals surface area contributed by atoms with E-state index in [9.17, 15) is 14.0 Å². The zero-order valence-electron chi connectivity index (χ0n) is 14.3. The SMILES string of the molecule is N#Cc1ccc(CN2CCC(NC(=O)c3ccc(F)c(C#N)c3)C2=O)cc1. The van der Waals surface area contributed by atoms with E-state index in [0.29, 0.717) is 25.1 Å². The maximum absolute atomic E-state index is 13.4. The molecule has 1 aliphatic rings. The Morgan fingerprint density at radius 1 is 1.19 bits per heavy atom. The molecule has 0 aromatic heterocycles. The van der Waals surface area contributed by atoms with Gasteiger partial charge >= 0.3 is 0 Å². The van der Waals surface area contributed by atoms with E-state index in [2.05, 4.69) is 5.32 Å². The Morgan fingerprint density at radius 2 is 1.93 bits per heavy atom. The minimum absolute atomic E-state index is 0.131. The van der Waals surface area contributed by atoms with Gasteiger partial charge in [-0.3, -0.25) is 9.59 Å². The van der Waals surface area contributed by atoms with Crippen LogP contribution in [0.4, 0.5) is 4.39 Å². The van der Waals surface area contributed by atoms with Crippen LogP contribution in [0.25, 0.3) is 0 Å². The summed E-state index contributed by atoms with van der Waals surface area (Å²) in [6, 6.07) is 13.5. The average Bonchev–Trinajstić information content (AvgIpc) is 3.02. The molecule has 7 heteroatoms. The van der Waals surface area contributed by atoms with Crippen molar-refractivity contribution in [3.05, 3.63) is 70.5 Å². The third-order valence-corrected chi connectivity index (χ3v) is 4.41. The first kappa shape index (κ1) is 18.1. The molecule has 1 heterocycles. The van der Waals surface area contributed by atoms with Gasteiger partial charge in [-0.25, -0.2) is 4.39 Å². The highest BCUT2D eigenvalue weighted by Crippen LogP contribution is 2.17. The summed E-state index contributed by atoms with van der Waals surface area (Å²) in [6.45, 7) is 0.892. The Bertz CT molecular complexity index is 973. The van der Waals surface area contributed by atoms with Crippen molar-refractivity contribution in [2.45, 2.75) is 19.0 Å². The number of carbonyl (C=O) groups excluding carboxylic acids is 2. The van der Waals surface area contributed by atoms with E-state index in [1.54, 1.807) is 35.2 Å². The molecule has 1 aliphatic heterocycles. The second-order valence-electron chi connectivity index (χ2n) is 6.19. The highest BCUT2D eigenvalue weighted by molar-refractivity contribution is 5.98. The van der Waals surface area contributed by atoms with Crippen molar-refractivity contribution in [2.24, 2.45) is 0 Å². The number of hydrogen-bond donors (Lipinski definition) is 1. The Morgan fingerprint density at radius 3 is 2.59 bits per heavy atom. The van der Waals surface area contributed by atoms with Crippen LogP contribution in [-0.4, -0.2) is 29.3 Å². The minimum Gasteiger partial charge on any atom is -0.340 e. The van der Waals surface area contributed by atoms with Gasteiger partial charge in [0.05, 0.1) is 17.2 Å². The molecule has 0 spiro atoms. The van der Waals surface area contributed by atoms with Gasteiger partial charge in [0.2, 0.25) is 5.91 Å².